The first-order valence-electron chi connectivity index (χ1n) is 4.68. The van der Waals surface area contributed by atoms with E-state index in [1.54, 1.807) is 11.8 Å². The lowest BCUT2D eigenvalue weighted by Gasteiger charge is -2.34. The molecule has 1 aliphatic rings. The fraction of sp³-hybridized carbons (Fsp3) is 0.875. The maximum atomic E-state index is 11.1. The molecule has 0 radical (unpaired) electrons. The van der Waals surface area contributed by atoms with Crippen LogP contribution in [0.5, 0.6) is 0 Å². The highest BCUT2D eigenvalue weighted by Crippen LogP contribution is 2.52. The van der Waals surface area contributed by atoms with E-state index in [1.165, 1.54) is 0 Å². The van der Waals surface area contributed by atoms with Gasteiger partial charge in [0.1, 0.15) is 0 Å². The van der Waals surface area contributed by atoms with Crippen LogP contribution in [0.15, 0.2) is 0 Å². The Morgan fingerprint density at radius 1 is 1.60 bits per heavy atom. The Balaban J connectivity index is 2.65. The lowest BCUT2D eigenvalue weighted by Crippen LogP contribution is -2.48. The Labute approximate surface area is 94.6 Å². The molecule has 15 heavy (non-hydrogen) atoms. The van der Waals surface area contributed by atoms with Crippen LogP contribution in [-0.4, -0.2) is 41.6 Å². The summed E-state index contributed by atoms with van der Waals surface area (Å²) in [5.74, 6) is -0.349. The highest BCUT2D eigenvalue weighted by Gasteiger charge is 2.46. The molecule has 0 bridgehead atoms. The molecule has 1 heterocycles. The number of carboxylic acids is 1. The molecule has 0 saturated carbocycles. The fourth-order valence-electron chi connectivity index (χ4n) is 1.16. The zero-order chi connectivity index (χ0) is 11.3. The van der Waals surface area contributed by atoms with Crippen LogP contribution >= 0.6 is 20.1 Å². The predicted octanol–water partition coefficient (Wildman–Crippen LogP) is 1.23. The second-order valence-corrected chi connectivity index (χ2v) is 6.06. The topological polar surface area (TPSA) is 81.8 Å². The Hall–Kier alpha value is 0.130. The van der Waals surface area contributed by atoms with Crippen LogP contribution in [0.25, 0.3) is 0 Å². The zero-order valence-corrected chi connectivity index (χ0v) is 10.4. The second-order valence-electron chi connectivity index (χ2n) is 3.25. The van der Waals surface area contributed by atoms with Gasteiger partial charge in [0.2, 0.25) is 8.38 Å². The van der Waals surface area contributed by atoms with Crippen molar-refractivity contribution in [3.05, 3.63) is 0 Å². The fourth-order valence-corrected chi connectivity index (χ4v) is 3.41. The monoisotopic (exact) mass is 253 g/mol. The van der Waals surface area contributed by atoms with Crippen LogP contribution in [0.4, 0.5) is 0 Å². The summed E-state index contributed by atoms with van der Waals surface area (Å²) in [6, 6.07) is 0. The van der Waals surface area contributed by atoms with Crippen molar-refractivity contribution in [2.75, 3.05) is 25.2 Å². The molecule has 7 heteroatoms. The van der Waals surface area contributed by atoms with Gasteiger partial charge in [-0.05, 0) is 24.9 Å². The van der Waals surface area contributed by atoms with Crippen molar-refractivity contribution in [2.45, 2.75) is 18.1 Å². The van der Waals surface area contributed by atoms with Crippen molar-refractivity contribution < 1.29 is 18.9 Å². The maximum Gasteiger partial charge on any atom is 0.333 e. The summed E-state index contributed by atoms with van der Waals surface area (Å²) < 4.78 is 10.7. The van der Waals surface area contributed by atoms with Gasteiger partial charge < -0.3 is 19.9 Å². The van der Waals surface area contributed by atoms with Crippen molar-refractivity contribution >= 4 is 26.1 Å². The summed E-state index contributed by atoms with van der Waals surface area (Å²) in [6.07, 6.45) is 3.09. The normalized spacial score (nSPS) is 22.3. The number of aliphatic carboxylic acids is 1. The number of rotatable bonds is 5. The lowest BCUT2D eigenvalue weighted by atomic mass is 10.2. The van der Waals surface area contributed by atoms with Gasteiger partial charge in [-0.2, -0.15) is 11.8 Å². The summed E-state index contributed by atoms with van der Waals surface area (Å²) in [4.78, 5) is 11.1. The van der Waals surface area contributed by atoms with Crippen LogP contribution in [0.3, 0.4) is 0 Å². The van der Waals surface area contributed by atoms with E-state index in [2.05, 4.69) is 0 Å². The molecule has 5 nitrogen and oxygen atoms in total. The summed E-state index contributed by atoms with van der Waals surface area (Å²) in [6.45, 7) is 1.08. The molecule has 0 amide bonds. The third kappa shape index (κ3) is 3.29. The van der Waals surface area contributed by atoms with E-state index in [1.807, 2.05) is 6.26 Å². The number of carboxylic acid groups (broad SMARTS) is 1. The molecule has 1 unspecified atom stereocenters. The number of hydrogen-bond acceptors (Lipinski definition) is 5. The standard InChI is InChI=1S/C8H16NO4PS/c1-15-6-3-8(9,7(10)11)14-12-4-2-5-13-14/h2-6,9H2,1H3,(H,10,11). The quantitative estimate of drug-likeness (QED) is 0.717. The number of thioether (sulfide) groups is 1. The Morgan fingerprint density at radius 2 is 2.20 bits per heavy atom. The molecule has 1 rings (SSSR count). The molecule has 3 N–H and O–H groups in total. The lowest BCUT2D eigenvalue weighted by molar-refractivity contribution is -0.140. The molecule has 1 fully saturated rings. The van der Waals surface area contributed by atoms with Crippen LogP contribution < -0.4 is 5.73 Å². The zero-order valence-electron chi connectivity index (χ0n) is 8.64. The van der Waals surface area contributed by atoms with Gasteiger partial charge in [-0.15, -0.1) is 0 Å². The van der Waals surface area contributed by atoms with Gasteiger partial charge in [0, 0.05) is 0 Å². The third-order valence-electron chi connectivity index (χ3n) is 2.09. The van der Waals surface area contributed by atoms with E-state index in [0.29, 0.717) is 25.4 Å². The van der Waals surface area contributed by atoms with Crippen LogP contribution in [0, 0.1) is 0 Å². The molecule has 0 aliphatic carbocycles. The first-order valence-corrected chi connectivity index (χ1v) is 7.25. The molecule has 0 aromatic rings. The largest absolute Gasteiger partial charge is 0.479 e. The Morgan fingerprint density at radius 3 is 2.67 bits per heavy atom. The smallest absolute Gasteiger partial charge is 0.333 e. The molecule has 1 saturated heterocycles. The predicted molar refractivity (Wildman–Crippen MR) is 61.0 cm³/mol. The van der Waals surface area contributed by atoms with Gasteiger partial charge in [-0.1, -0.05) is 0 Å². The van der Waals surface area contributed by atoms with Gasteiger partial charge in [-0.25, -0.2) is 4.79 Å². The molecular formula is C8H16NO4PS. The third-order valence-corrected chi connectivity index (χ3v) is 4.60. The van der Waals surface area contributed by atoms with Crippen molar-refractivity contribution in [1.82, 2.24) is 0 Å². The Kier molecular flexibility index (Phi) is 5.29. The first-order chi connectivity index (χ1) is 7.11. The molecule has 0 aromatic heterocycles. The van der Waals surface area contributed by atoms with Gasteiger partial charge in [-0.3, -0.25) is 0 Å². The Bertz CT molecular complexity index is 225. The van der Waals surface area contributed by atoms with Crippen LogP contribution in [0.1, 0.15) is 12.8 Å². The van der Waals surface area contributed by atoms with E-state index in [0.717, 1.165) is 6.42 Å². The summed E-state index contributed by atoms with van der Waals surface area (Å²) in [5.41, 5.74) is 5.87. The summed E-state index contributed by atoms with van der Waals surface area (Å²) >= 11 is 1.57. The highest BCUT2D eigenvalue weighted by molar-refractivity contribution is 7.98. The maximum absolute atomic E-state index is 11.1. The van der Waals surface area contributed by atoms with E-state index in [-0.39, 0.29) is 0 Å². The van der Waals surface area contributed by atoms with Crippen molar-refractivity contribution in [1.29, 1.82) is 0 Å². The highest BCUT2D eigenvalue weighted by atomic mass is 32.2. The molecule has 0 aromatic carbocycles. The van der Waals surface area contributed by atoms with Gasteiger partial charge in [0.15, 0.2) is 5.28 Å². The average molecular weight is 253 g/mol. The van der Waals surface area contributed by atoms with Gasteiger partial charge in [0.25, 0.3) is 0 Å². The van der Waals surface area contributed by atoms with Crippen molar-refractivity contribution in [3.8, 4) is 0 Å². The first kappa shape index (κ1) is 13.2. The van der Waals surface area contributed by atoms with Crippen molar-refractivity contribution in [3.63, 3.8) is 0 Å². The molecule has 1 aliphatic heterocycles. The summed E-state index contributed by atoms with van der Waals surface area (Å²) in [7, 11) is -1.50. The SMILES string of the molecule is CSCCC(N)(C(=O)O)P1OCCCO1. The second kappa shape index (κ2) is 6.01. The van der Waals surface area contributed by atoms with Crippen LogP contribution in [-0.2, 0) is 13.8 Å². The van der Waals surface area contributed by atoms with E-state index >= 15 is 0 Å². The van der Waals surface area contributed by atoms with E-state index in [4.69, 9.17) is 19.9 Å². The summed E-state index contributed by atoms with van der Waals surface area (Å²) in [5, 5.41) is 7.77. The number of carbonyl (C=O) groups is 1. The molecule has 0 spiro atoms. The van der Waals surface area contributed by atoms with Gasteiger partial charge in [0.05, 0.1) is 13.2 Å². The average Bonchev–Trinajstić information content (AvgIpc) is 2.27. The van der Waals surface area contributed by atoms with E-state index < -0.39 is 19.6 Å². The number of nitrogens with two attached hydrogens (primary N) is 1. The van der Waals surface area contributed by atoms with Crippen molar-refractivity contribution in [2.24, 2.45) is 5.73 Å². The molecular weight excluding hydrogens is 237 g/mol. The molecule has 88 valence electrons. The number of hydrogen-bond donors (Lipinski definition) is 2. The minimum atomic E-state index is -1.50. The minimum absolute atomic E-state index is 0.370. The molecule has 1 atom stereocenters. The van der Waals surface area contributed by atoms with Gasteiger partial charge >= 0.3 is 5.97 Å². The van der Waals surface area contributed by atoms with E-state index in [9.17, 15) is 4.79 Å². The minimum Gasteiger partial charge on any atom is -0.479 e. The van der Waals surface area contributed by atoms with Crippen LogP contribution in [0.2, 0.25) is 0 Å².